The second kappa shape index (κ2) is 8.08. The summed E-state index contributed by atoms with van der Waals surface area (Å²) < 4.78 is 41.1. The maximum atomic E-state index is 13.7. The summed E-state index contributed by atoms with van der Waals surface area (Å²) >= 11 is 0. The highest BCUT2D eigenvalue weighted by Crippen LogP contribution is 2.18. The third-order valence-corrected chi connectivity index (χ3v) is 4.03. The van der Waals surface area contributed by atoms with Gasteiger partial charge in [0, 0.05) is 23.4 Å². The Morgan fingerprint density at radius 1 is 1.04 bits per heavy atom. The number of anilines is 1. The minimum Gasteiger partial charge on any atom is -0.322 e. The zero-order valence-electron chi connectivity index (χ0n) is 14.9. The number of nitrogens with one attached hydrogen (secondary N) is 1. The fourth-order valence-electron chi connectivity index (χ4n) is 2.63. The Hall–Kier alpha value is -3.42. The van der Waals surface area contributed by atoms with Gasteiger partial charge in [0.25, 0.3) is 5.56 Å². The summed E-state index contributed by atoms with van der Waals surface area (Å²) in [5.74, 6) is -2.65. The first kappa shape index (κ1) is 19.3. The summed E-state index contributed by atoms with van der Waals surface area (Å²) in [6, 6.07) is 9.38. The Bertz CT molecular complexity index is 1080. The highest BCUT2D eigenvalue weighted by molar-refractivity contribution is 5.90. The van der Waals surface area contributed by atoms with Crippen molar-refractivity contribution in [1.29, 1.82) is 0 Å². The van der Waals surface area contributed by atoms with Crippen LogP contribution >= 0.6 is 0 Å². The fourth-order valence-corrected chi connectivity index (χ4v) is 2.63. The first-order chi connectivity index (χ1) is 13.4. The molecule has 28 heavy (non-hydrogen) atoms. The van der Waals surface area contributed by atoms with Gasteiger partial charge in [-0.3, -0.25) is 14.2 Å². The number of hydrogen-bond donors (Lipinski definition) is 1. The second-order valence-corrected chi connectivity index (χ2v) is 6.03. The predicted octanol–water partition coefficient (Wildman–Crippen LogP) is 3.53. The number of carbonyl (C=O) groups excluding carboxylic acids is 1. The summed E-state index contributed by atoms with van der Waals surface area (Å²) in [7, 11) is 0. The monoisotopic (exact) mass is 387 g/mol. The van der Waals surface area contributed by atoms with Gasteiger partial charge in [-0.2, -0.15) is 0 Å². The molecule has 0 spiro atoms. The molecule has 0 bridgehead atoms. The highest BCUT2D eigenvalue weighted by atomic mass is 19.1. The molecule has 0 radical (unpaired) electrons. The Labute approximate surface area is 158 Å². The second-order valence-electron chi connectivity index (χ2n) is 6.03. The molecular formula is C20H16F3N3O2. The average Bonchev–Trinajstić information content (AvgIpc) is 2.66. The number of benzene rings is 2. The van der Waals surface area contributed by atoms with Crippen molar-refractivity contribution in [1.82, 2.24) is 9.55 Å². The Morgan fingerprint density at radius 2 is 1.71 bits per heavy atom. The minimum absolute atomic E-state index is 0.194. The molecule has 5 nitrogen and oxygen atoms in total. The van der Waals surface area contributed by atoms with E-state index in [-0.39, 0.29) is 11.5 Å². The van der Waals surface area contributed by atoms with Crippen molar-refractivity contribution in [2.45, 2.75) is 19.9 Å². The number of carbonyl (C=O) groups is 1. The quantitative estimate of drug-likeness (QED) is 0.729. The highest BCUT2D eigenvalue weighted by Gasteiger charge is 2.15. The van der Waals surface area contributed by atoms with Crippen LogP contribution in [0.5, 0.6) is 0 Å². The molecule has 2 aromatic carbocycles. The molecule has 0 aliphatic heterocycles. The molecule has 1 N–H and O–H groups in total. The predicted molar refractivity (Wildman–Crippen MR) is 98.3 cm³/mol. The van der Waals surface area contributed by atoms with Gasteiger partial charge in [-0.1, -0.05) is 6.92 Å². The first-order valence-electron chi connectivity index (χ1n) is 8.49. The van der Waals surface area contributed by atoms with Crippen LogP contribution in [0.2, 0.25) is 0 Å². The van der Waals surface area contributed by atoms with Gasteiger partial charge >= 0.3 is 0 Å². The van der Waals surface area contributed by atoms with Crippen LogP contribution in [0.15, 0.2) is 53.3 Å². The summed E-state index contributed by atoms with van der Waals surface area (Å²) in [6.45, 7) is 1.38. The lowest BCUT2D eigenvalue weighted by atomic mass is 10.2. The Balaban J connectivity index is 1.95. The van der Waals surface area contributed by atoms with Crippen molar-refractivity contribution in [2.24, 2.45) is 0 Å². The van der Waals surface area contributed by atoms with E-state index in [2.05, 4.69) is 10.3 Å². The first-order valence-corrected chi connectivity index (χ1v) is 8.49. The molecule has 1 aromatic heterocycles. The zero-order valence-corrected chi connectivity index (χ0v) is 14.9. The average molecular weight is 387 g/mol. The van der Waals surface area contributed by atoms with Gasteiger partial charge in [0.15, 0.2) is 0 Å². The summed E-state index contributed by atoms with van der Waals surface area (Å²) in [6.07, 6.45) is 0.497. The smallest absolute Gasteiger partial charge is 0.254 e. The van der Waals surface area contributed by atoms with Gasteiger partial charge in [-0.25, -0.2) is 18.2 Å². The summed E-state index contributed by atoms with van der Waals surface area (Å²) in [5.41, 5.74) is 0.293. The summed E-state index contributed by atoms with van der Waals surface area (Å²) in [5, 5.41) is 2.30. The molecule has 3 aromatic rings. The molecule has 0 unspecified atom stereocenters. The topological polar surface area (TPSA) is 64.0 Å². The molecular weight excluding hydrogens is 371 g/mol. The molecule has 0 saturated carbocycles. The largest absolute Gasteiger partial charge is 0.322 e. The van der Waals surface area contributed by atoms with Gasteiger partial charge in [0.2, 0.25) is 5.91 Å². The van der Waals surface area contributed by atoms with Crippen LogP contribution in [0.1, 0.15) is 12.6 Å². The lowest BCUT2D eigenvalue weighted by Crippen LogP contribution is -2.30. The molecule has 0 atom stereocenters. The van der Waals surface area contributed by atoms with E-state index in [0.29, 0.717) is 23.7 Å². The zero-order chi connectivity index (χ0) is 20.3. The number of rotatable bonds is 5. The number of aryl methyl sites for hydroxylation is 1. The van der Waals surface area contributed by atoms with Crippen LogP contribution in [0, 0.1) is 17.5 Å². The maximum absolute atomic E-state index is 13.7. The molecule has 144 valence electrons. The molecule has 1 amide bonds. The Morgan fingerprint density at radius 3 is 2.36 bits per heavy atom. The van der Waals surface area contributed by atoms with Crippen LogP contribution in [0.25, 0.3) is 11.4 Å². The number of amides is 1. The SMILES string of the molecule is CCc1cc(=O)n(CC(=O)Nc2ccc(F)cc2F)c(-c2ccc(F)cc2)n1. The van der Waals surface area contributed by atoms with E-state index in [1.807, 2.05) is 6.92 Å². The van der Waals surface area contributed by atoms with E-state index in [1.54, 1.807) is 0 Å². The number of halogens is 3. The van der Waals surface area contributed by atoms with E-state index >= 15 is 0 Å². The lowest BCUT2D eigenvalue weighted by molar-refractivity contribution is -0.116. The van der Waals surface area contributed by atoms with Crippen molar-refractivity contribution in [3.63, 3.8) is 0 Å². The number of nitrogens with zero attached hydrogens (tertiary/aromatic N) is 2. The molecule has 3 rings (SSSR count). The Kier molecular flexibility index (Phi) is 5.58. The lowest BCUT2D eigenvalue weighted by Gasteiger charge is -2.14. The number of aromatic nitrogens is 2. The number of hydrogen-bond acceptors (Lipinski definition) is 3. The van der Waals surface area contributed by atoms with Crippen molar-refractivity contribution in [3.05, 3.63) is 82.0 Å². The standard InChI is InChI=1S/C20H16F3N3O2/c1-2-15-10-19(28)26(20(24-15)12-3-5-13(21)6-4-12)11-18(27)25-17-8-7-14(22)9-16(17)23/h3-10H,2,11H2,1H3,(H,25,27). The van der Waals surface area contributed by atoms with Crippen molar-refractivity contribution < 1.29 is 18.0 Å². The van der Waals surface area contributed by atoms with Crippen LogP contribution in [-0.2, 0) is 17.8 Å². The van der Waals surface area contributed by atoms with Gasteiger partial charge < -0.3 is 5.32 Å². The van der Waals surface area contributed by atoms with E-state index in [4.69, 9.17) is 0 Å². The van der Waals surface area contributed by atoms with E-state index in [1.165, 1.54) is 30.3 Å². The molecule has 0 saturated heterocycles. The van der Waals surface area contributed by atoms with Crippen LogP contribution in [-0.4, -0.2) is 15.5 Å². The summed E-state index contributed by atoms with van der Waals surface area (Å²) in [4.78, 5) is 29.2. The van der Waals surface area contributed by atoms with Gasteiger partial charge in [-0.05, 0) is 42.8 Å². The fraction of sp³-hybridized carbons (Fsp3) is 0.150. The van der Waals surface area contributed by atoms with Crippen LogP contribution in [0.4, 0.5) is 18.9 Å². The maximum Gasteiger partial charge on any atom is 0.254 e. The third-order valence-electron chi connectivity index (χ3n) is 4.03. The molecule has 8 heteroatoms. The normalized spacial score (nSPS) is 10.7. The molecule has 1 heterocycles. The van der Waals surface area contributed by atoms with Gasteiger partial charge in [0.1, 0.15) is 29.8 Å². The van der Waals surface area contributed by atoms with E-state index in [0.717, 1.165) is 16.7 Å². The van der Waals surface area contributed by atoms with Crippen molar-refractivity contribution in [3.8, 4) is 11.4 Å². The third kappa shape index (κ3) is 4.28. The van der Waals surface area contributed by atoms with Crippen LogP contribution < -0.4 is 10.9 Å². The van der Waals surface area contributed by atoms with Gasteiger partial charge in [0.05, 0.1) is 5.69 Å². The molecule has 0 aliphatic carbocycles. The van der Waals surface area contributed by atoms with E-state index in [9.17, 15) is 22.8 Å². The van der Waals surface area contributed by atoms with Crippen LogP contribution in [0.3, 0.4) is 0 Å². The van der Waals surface area contributed by atoms with Crippen molar-refractivity contribution in [2.75, 3.05) is 5.32 Å². The van der Waals surface area contributed by atoms with Crippen molar-refractivity contribution >= 4 is 11.6 Å². The van der Waals surface area contributed by atoms with E-state index < -0.39 is 35.5 Å². The minimum atomic E-state index is -0.932. The molecule has 0 fully saturated rings. The van der Waals surface area contributed by atoms with Gasteiger partial charge in [-0.15, -0.1) is 0 Å². The molecule has 0 aliphatic rings.